The zero-order valence-electron chi connectivity index (χ0n) is 16.5. The normalized spacial score (nSPS) is 14.4. The Hall–Kier alpha value is -2.89. The molecule has 0 atom stereocenters. The summed E-state index contributed by atoms with van der Waals surface area (Å²) < 4.78 is 18.5. The largest absolute Gasteiger partial charge is 0.493 e. The zero-order valence-corrected chi connectivity index (χ0v) is 16.5. The summed E-state index contributed by atoms with van der Waals surface area (Å²) in [6, 6.07) is 15.7. The summed E-state index contributed by atoms with van der Waals surface area (Å²) in [5, 5.41) is 2.96. The topological polar surface area (TPSA) is 58.6 Å². The molecule has 0 saturated carbocycles. The molecule has 154 valence electrons. The van der Waals surface area contributed by atoms with Crippen LogP contribution in [0.1, 0.15) is 24.8 Å². The van der Waals surface area contributed by atoms with E-state index in [-0.39, 0.29) is 23.5 Å². The Labute approximate surface area is 170 Å². The van der Waals surface area contributed by atoms with Gasteiger partial charge in [-0.1, -0.05) is 30.3 Å². The van der Waals surface area contributed by atoms with Crippen LogP contribution in [0.3, 0.4) is 0 Å². The molecule has 1 aliphatic rings. The second-order valence-electron chi connectivity index (χ2n) is 7.23. The molecule has 0 bridgehead atoms. The number of carbonyl (C=O) groups excluding carboxylic acids is 2. The monoisotopic (exact) mass is 398 g/mol. The molecule has 1 heterocycles. The molecule has 5 nitrogen and oxygen atoms in total. The minimum atomic E-state index is -0.259. The third kappa shape index (κ3) is 6.59. The molecule has 1 aliphatic heterocycles. The lowest BCUT2D eigenvalue weighted by Crippen LogP contribution is -2.43. The van der Waals surface area contributed by atoms with Crippen molar-refractivity contribution in [2.45, 2.75) is 25.7 Å². The van der Waals surface area contributed by atoms with Crippen molar-refractivity contribution < 1.29 is 18.7 Å². The van der Waals surface area contributed by atoms with E-state index in [1.54, 1.807) is 12.1 Å². The first-order chi connectivity index (χ1) is 14.1. The van der Waals surface area contributed by atoms with Crippen LogP contribution in [-0.4, -0.2) is 43.0 Å². The van der Waals surface area contributed by atoms with Crippen molar-refractivity contribution in [3.63, 3.8) is 0 Å². The number of carbonyl (C=O) groups is 2. The van der Waals surface area contributed by atoms with E-state index >= 15 is 0 Å². The van der Waals surface area contributed by atoms with Crippen LogP contribution in [0.4, 0.5) is 4.39 Å². The molecule has 1 fully saturated rings. The fourth-order valence-corrected chi connectivity index (χ4v) is 3.45. The van der Waals surface area contributed by atoms with Crippen LogP contribution in [0.25, 0.3) is 0 Å². The van der Waals surface area contributed by atoms with E-state index in [2.05, 4.69) is 5.32 Å². The van der Waals surface area contributed by atoms with Crippen molar-refractivity contribution in [1.29, 1.82) is 0 Å². The summed E-state index contributed by atoms with van der Waals surface area (Å²) in [5.74, 6) is 0.539. The third-order valence-corrected chi connectivity index (χ3v) is 5.17. The SMILES string of the molecule is O=C(NCCc1ccc(F)cc1)C1CCN(C(=O)CCOc2ccccc2)CC1. The maximum absolute atomic E-state index is 12.9. The van der Waals surface area contributed by atoms with Gasteiger partial charge < -0.3 is 15.0 Å². The Morgan fingerprint density at radius 1 is 1.03 bits per heavy atom. The molecule has 2 amide bonds. The number of para-hydroxylation sites is 1. The fourth-order valence-electron chi connectivity index (χ4n) is 3.45. The maximum atomic E-state index is 12.9. The molecule has 0 unspecified atom stereocenters. The van der Waals surface area contributed by atoms with Crippen LogP contribution >= 0.6 is 0 Å². The highest BCUT2D eigenvalue weighted by Crippen LogP contribution is 2.18. The number of likely N-dealkylation sites (tertiary alicyclic amines) is 1. The number of nitrogens with zero attached hydrogens (tertiary/aromatic N) is 1. The molecular formula is C23H27FN2O3. The predicted molar refractivity (Wildman–Crippen MR) is 109 cm³/mol. The van der Waals surface area contributed by atoms with Crippen LogP contribution in [0.5, 0.6) is 5.75 Å². The van der Waals surface area contributed by atoms with Gasteiger partial charge in [-0.15, -0.1) is 0 Å². The first-order valence-corrected chi connectivity index (χ1v) is 10.1. The summed E-state index contributed by atoms with van der Waals surface area (Å²) in [4.78, 5) is 26.5. The van der Waals surface area contributed by atoms with E-state index in [1.807, 2.05) is 35.2 Å². The lowest BCUT2D eigenvalue weighted by molar-refractivity contribution is -0.136. The smallest absolute Gasteiger partial charge is 0.225 e. The fraction of sp³-hybridized carbons (Fsp3) is 0.391. The summed E-state index contributed by atoms with van der Waals surface area (Å²) in [7, 11) is 0. The average Bonchev–Trinajstić information content (AvgIpc) is 2.76. The van der Waals surface area contributed by atoms with Gasteiger partial charge in [-0.05, 0) is 49.1 Å². The van der Waals surface area contributed by atoms with Crippen LogP contribution < -0.4 is 10.1 Å². The van der Waals surface area contributed by atoms with Gasteiger partial charge in [0.25, 0.3) is 0 Å². The summed E-state index contributed by atoms with van der Waals surface area (Å²) in [6.07, 6.45) is 2.36. The van der Waals surface area contributed by atoms with Crippen molar-refractivity contribution in [2.24, 2.45) is 5.92 Å². The maximum Gasteiger partial charge on any atom is 0.225 e. The molecule has 1 N–H and O–H groups in total. The molecule has 6 heteroatoms. The van der Waals surface area contributed by atoms with Gasteiger partial charge in [0.05, 0.1) is 13.0 Å². The van der Waals surface area contributed by atoms with Gasteiger partial charge in [-0.25, -0.2) is 4.39 Å². The van der Waals surface area contributed by atoms with Gasteiger partial charge >= 0.3 is 0 Å². The van der Waals surface area contributed by atoms with E-state index in [1.165, 1.54) is 12.1 Å². The van der Waals surface area contributed by atoms with Crippen molar-refractivity contribution in [3.8, 4) is 5.75 Å². The molecule has 2 aromatic rings. The Morgan fingerprint density at radius 2 is 1.72 bits per heavy atom. The summed E-state index contributed by atoms with van der Waals surface area (Å²) >= 11 is 0. The number of hydrogen-bond donors (Lipinski definition) is 1. The molecule has 2 aromatic carbocycles. The minimum absolute atomic E-state index is 0.0339. The summed E-state index contributed by atoms with van der Waals surface area (Å²) in [5.41, 5.74) is 0.991. The number of rotatable bonds is 8. The highest BCUT2D eigenvalue weighted by molar-refractivity contribution is 5.80. The number of nitrogens with one attached hydrogen (secondary N) is 1. The number of halogens is 1. The Bertz CT molecular complexity index is 788. The lowest BCUT2D eigenvalue weighted by atomic mass is 9.95. The molecule has 0 aromatic heterocycles. The van der Waals surface area contributed by atoms with E-state index in [0.717, 1.165) is 11.3 Å². The van der Waals surface area contributed by atoms with E-state index in [0.29, 0.717) is 51.9 Å². The van der Waals surface area contributed by atoms with E-state index < -0.39 is 0 Å². The van der Waals surface area contributed by atoms with Crippen molar-refractivity contribution in [1.82, 2.24) is 10.2 Å². The number of ether oxygens (including phenoxy) is 1. The van der Waals surface area contributed by atoms with Gasteiger partial charge in [0.1, 0.15) is 11.6 Å². The predicted octanol–water partition coefficient (Wildman–Crippen LogP) is 3.19. The number of hydrogen-bond acceptors (Lipinski definition) is 3. The minimum Gasteiger partial charge on any atom is -0.493 e. The Balaban J connectivity index is 1.32. The molecule has 3 rings (SSSR count). The number of benzene rings is 2. The molecule has 0 aliphatic carbocycles. The first kappa shape index (κ1) is 20.8. The molecular weight excluding hydrogens is 371 g/mol. The van der Waals surface area contributed by atoms with Crippen molar-refractivity contribution in [2.75, 3.05) is 26.2 Å². The molecule has 0 radical (unpaired) electrons. The van der Waals surface area contributed by atoms with E-state index in [4.69, 9.17) is 4.74 Å². The van der Waals surface area contributed by atoms with E-state index in [9.17, 15) is 14.0 Å². The van der Waals surface area contributed by atoms with Gasteiger partial charge in [-0.2, -0.15) is 0 Å². The van der Waals surface area contributed by atoms with Crippen LogP contribution in [0.2, 0.25) is 0 Å². The molecule has 1 saturated heterocycles. The van der Waals surface area contributed by atoms with Gasteiger partial charge in [0.2, 0.25) is 11.8 Å². The second-order valence-corrected chi connectivity index (χ2v) is 7.23. The van der Waals surface area contributed by atoms with Crippen molar-refractivity contribution >= 4 is 11.8 Å². The highest BCUT2D eigenvalue weighted by Gasteiger charge is 2.26. The van der Waals surface area contributed by atoms with Gasteiger partial charge in [-0.3, -0.25) is 9.59 Å². The quantitative estimate of drug-likeness (QED) is 0.743. The molecule has 29 heavy (non-hydrogen) atoms. The van der Waals surface area contributed by atoms with Crippen molar-refractivity contribution in [3.05, 3.63) is 66.0 Å². The zero-order chi connectivity index (χ0) is 20.5. The van der Waals surface area contributed by atoms with Gasteiger partial charge in [0, 0.05) is 25.6 Å². The summed E-state index contributed by atoms with van der Waals surface area (Å²) in [6.45, 7) is 2.08. The Morgan fingerprint density at radius 3 is 2.41 bits per heavy atom. The van der Waals surface area contributed by atoms with Crippen LogP contribution in [0.15, 0.2) is 54.6 Å². The second kappa shape index (κ2) is 10.6. The number of piperidine rings is 1. The standard InChI is InChI=1S/C23H27FN2O3/c24-20-8-6-18(7-9-20)10-14-25-23(28)19-11-15-26(16-12-19)22(27)13-17-29-21-4-2-1-3-5-21/h1-9,19H,10-17H2,(H,25,28). The third-order valence-electron chi connectivity index (χ3n) is 5.17. The van der Waals surface area contributed by atoms with Crippen LogP contribution in [0, 0.1) is 11.7 Å². The lowest BCUT2D eigenvalue weighted by Gasteiger charge is -2.31. The average molecular weight is 398 g/mol. The number of amides is 2. The van der Waals surface area contributed by atoms with Crippen LogP contribution in [-0.2, 0) is 16.0 Å². The molecule has 0 spiro atoms. The van der Waals surface area contributed by atoms with Gasteiger partial charge in [0.15, 0.2) is 0 Å². The first-order valence-electron chi connectivity index (χ1n) is 10.1. The highest BCUT2D eigenvalue weighted by atomic mass is 19.1. The Kier molecular flexibility index (Phi) is 7.61.